The Morgan fingerprint density at radius 3 is 2.76 bits per heavy atom. The van der Waals surface area contributed by atoms with Crippen LogP contribution >= 0.6 is 0 Å². The summed E-state index contributed by atoms with van der Waals surface area (Å²) in [4.78, 5) is 11.1. The average molecular weight is 233 g/mol. The molecule has 0 aliphatic carbocycles. The number of nitrogens with one attached hydrogen (secondary N) is 1. The third-order valence-electron chi connectivity index (χ3n) is 3.15. The predicted molar refractivity (Wildman–Crippen MR) is 67.5 cm³/mol. The zero-order chi connectivity index (χ0) is 12.1. The molecule has 1 heterocycles. The number of carbonyl (C=O) groups excluding carboxylic acids is 1. The van der Waals surface area contributed by atoms with Crippen molar-refractivity contribution in [1.82, 2.24) is 5.32 Å². The van der Waals surface area contributed by atoms with E-state index in [2.05, 4.69) is 5.32 Å². The van der Waals surface area contributed by atoms with E-state index in [1.807, 2.05) is 24.3 Å². The summed E-state index contributed by atoms with van der Waals surface area (Å²) in [7, 11) is 0. The van der Waals surface area contributed by atoms with E-state index >= 15 is 0 Å². The van der Waals surface area contributed by atoms with Crippen LogP contribution in [0.5, 0.6) is 5.75 Å². The molecule has 17 heavy (non-hydrogen) atoms. The van der Waals surface area contributed by atoms with Crippen molar-refractivity contribution >= 4 is 5.78 Å². The van der Waals surface area contributed by atoms with Crippen LogP contribution in [0, 0.1) is 5.92 Å². The Bertz CT molecular complexity index is 366. The second-order valence-corrected chi connectivity index (χ2v) is 4.60. The van der Waals surface area contributed by atoms with Crippen molar-refractivity contribution in [3.05, 3.63) is 29.8 Å². The predicted octanol–water partition coefficient (Wildman–Crippen LogP) is 2.27. The van der Waals surface area contributed by atoms with Crippen LogP contribution in [0.2, 0.25) is 0 Å². The number of hydrogen-bond acceptors (Lipinski definition) is 3. The van der Waals surface area contributed by atoms with Crippen LogP contribution in [-0.4, -0.2) is 25.5 Å². The van der Waals surface area contributed by atoms with Crippen LogP contribution in [-0.2, 0) is 0 Å². The Morgan fingerprint density at radius 2 is 2.18 bits per heavy atom. The molecule has 0 aromatic heterocycles. The molecular weight excluding hydrogens is 214 g/mol. The topological polar surface area (TPSA) is 38.3 Å². The molecule has 1 atom stereocenters. The van der Waals surface area contributed by atoms with Gasteiger partial charge in [-0.05, 0) is 50.6 Å². The highest BCUT2D eigenvalue weighted by atomic mass is 16.5. The maximum Gasteiger partial charge on any atom is 0.159 e. The van der Waals surface area contributed by atoms with Crippen molar-refractivity contribution in [2.75, 3.05) is 19.7 Å². The zero-order valence-corrected chi connectivity index (χ0v) is 10.2. The molecule has 1 aliphatic rings. The Hall–Kier alpha value is -1.35. The monoisotopic (exact) mass is 233 g/mol. The smallest absolute Gasteiger partial charge is 0.159 e. The number of ether oxygens (including phenoxy) is 1. The molecule has 2 rings (SSSR count). The molecule has 1 aromatic rings. The van der Waals surface area contributed by atoms with Gasteiger partial charge in [0.2, 0.25) is 0 Å². The number of hydrogen-bond donors (Lipinski definition) is 1. The lowest BCUT2D eigenvalue weighted by Crippen LogP contribution is -2.33. The van der Waals surface area contributed by atoms with Gasteiger partial charge < -0.3 is 10.1 Å². The summed E-state index contributed by atoms with van der Waals surface area (Å²) in [5.74, 6) is 1.55. The first-order valence-corrected chi connectivity index (χ1v) is 6.20. The van der Waals surface area contributed by atoms with Gasteiger partial charge in [0, 0.05) is 18.0 Å². The molecule has 92 valence electrons. The molecule has 3 heteroatoms. The van der Waals surface area contributed by atoms with Crippen LogP contribution in [0.1, 0.15) is 30.1 Å². The minimum Gasteiger partial charge on any atom is -0.493 e. The van der Waals surface area contributed by atoms with Gasteiger partial charge in [-0.1, -0.05) is 0 Å². The summed E-state index contributed by atoms with van der Waals surface area (Å²) in [5.41, 5.74) is 0.733. The normalized spacial score (nSPS) is 19.9. The van der Waals surface area contributed by atoms with Gasteiger partial charge in [-0.15, -0.1) is 0 Å². The Morgan fingerprint density at radius 1 is 1.41 bits per heavy atom. The lowest BCUT2D eigenvalue weighted by Gasteiger charge is -2.22. The molecule has 1 aromatic carbocycles. The van der Waals surface area contributed by atoms with Crippen LogP contribution < -0.4 is 10.1 Å². The first kappa shape index (κ1) is 12.1. The highest BCUT2D eigenvalue weighted by Crippen LogP contribution is 2.16. The maximum atomic E-state index is 11.1. The highest BCUT2D eigenvalue weighted by Gasteiger charge is 2.13. The quantitative estimate of drug-likeness (QED) is 0.811. The zero-order valence-electron chi connectivity index (χ0n) is 10.2. The van der Waals surface area contributed by atoms with E-state index in [0.29, 0.717) is 5.92 Å². The molecule has 0 amide bonds. The van der Waals surface area contributed by atoms with E-state index < -0.39 is 0 Å². The van der Waals surface area contributed by atoms with E-state index in [-0.39, 0.29) is 5.78 Å². The van der Waals surface area contributed by atoms with Gasteiger partial charge in [0.15, 0.2) is 5.78 Å². The van der Waals surface area contributed by atoms with E-state index in [4.69, 9.17) is 4.74 Å². The average Bonchev–Trinajstić information content (AvgIpc) is 2.38. The van der Waals surface area contributed by atoms with E-state index in [0.717, 1.165) is 31.0 Å². The molecule has 0 saturated carbocycles. The van der Waals surface area contributed by atoms with Gasteiger partial charge in [-0.25, -0.2) is 0 Å². The SMILES string of the molecule is CC(=O)c1ccc(OC[C@@H]2CCCNC2)cc1. The fourth-order valence-corrected chi connectivity index (χ4v) is 2.07. The minimum absolute atomic E-state index is 0.0908. The summed E-state index contributed by atoms with van der Waals surface area (Å²) >= 11 is 0. The molecule has 1 N–H and O–H groups in total. The molecule has 1 fully saturated rings. The summed E-state index contributed by atoms with van der Waals surface area (Å²) in [6, 6.07) is 7.37. The lowest BCUT2D eigenvalue weighted by atomic mass is 10.0. The van der Waals surface area contributed by atoms with Crippen LogP contribution in [0.4, 0.5) is 0 Å². The largest absolute Gasteiger partial charge is 0.493 e. The van der Waals surface area contributed by atoms with Crippen molar-refractivity contribution in [1.29, 1.82) is 0 Å². The molecule has 0 spiro atoms. The maximum absolute atomic E-state index is 11.1. The number of carbonyl (C=O) groups is 1. The second kappa shape index (κ2) is 5.82. The van der Waals surface area contributed by atoms with Crippen molar-refractivity contribution in [2.45, 2.75) is 19.8 Å². The minimum atomic E-state index is 0.0908. The first-order chi connectivity index (χ1) is 8.25. The van der Waals surface area contributed by atoms with E-state index in [9.17, 15) is 4.79 Å². The third kappa shape index (κ3) is 3.56. The number of Topliss-reactive ketones (excluding diaryl/α,β-unsaturated/α-hetero) is 1. The van der Waals surface area contributed by atoms with Crippen LogP contribution in [0.3, 0.4) is 0 Å². The number of benzene rings is 1. The number of piperidine rings is 1. The van der Waals surface area contributed by atoms with Crippen molar-refractivity contribution < 1.29 is 9.53 Å². The second-order valence-electron chi connectivity index (χ2n) is 4.60. The Labute approximate surface area is 102 Å². The molecule has 1 aliphatic heterocycles. The van der Waals surface area contributed by atoms with Gasteiger partial charge in [0.1, 0.15) is 5.75 Å². The van der Waals surface area contributed by atoms with Crippen molar-refractivity contribution in [3.63, 3.8) is 0 Å². The van der Waals surface area contributed by atoms with Crippen molar-refractivity contribution in [3.8, 4) is 5.75 Å². The van der Waals surface area contributed by atoms with Gasteiger partial charge in [0.05, 0.1) is 6.61 Å². The Balaban J connectivity index is 1.84. The van der Waals surface area contributed by atoms with Gasteiger partial charge in [-0.2, -0.15) is 0 Å². The van der Waals surface area contributed by atoms with Crippen LogP contribution in [0.25, 0.3) is 0 Å². The standard InChI is InChI=1S/C14H19NO2/c1-11(16)13-4-6-14(7-5-13)17-10-12-3-2-8-15-9-12/h4-7,12,15H,2-3,8-10H2,1H3/t12-/m1/s1. The lowest BCUT2D eigenvalue weighted by molar-refractivity contribution is 0.101. The summed E-state index contributed by atoms with van der Waals surface area (Å²) in [5, 5.41) is 3.37. The summed E-state index contributed by atoms with van der Waals surface area (Å²) in [6.07, 6.45) is 2.47. The molecule has 0 radical (unpaired) electrons. The molecular formula is C14H19NO2. The third-order valence-corrected chi connectivity index (χ3v) is 3.15. The van der Waals surface area contributed by atoms with E-state index in [1.165, 1.54) is 12.8 Å². The molecule has 0 unspecified atom stereocenters. The molecule has 1 saturated heterocycles. The summed E-state index contributed by atoms with van der Waals surface area (Å²) < 4.78 is 5.73. The molecule has 3 nitrogen and oxygen atoms in total. The highest BCUT2D eigenvalue weighted by molar-refractivity contribution is 5.94. The van der Waals surface area contributed by atoms with Crippen LogP contribution in [0.15, 0.2) is 24.3 Å². The molecule has 0 bridgehead atoms. The first-order valence-electron chi connectivity index (χ1n) is 6.20. The summed E-state index contributed by atoms with van der Waals surface area (Å²) in [6.45, 7) is 4.51. The fourth-order valence-electron chi connectivity index (χ4n) is 2.07. The fraction of sp³-hybridized carbons (Fsp3) is 0.500. The number of rotatable bonds is 4. The van der Waals surface area contributed by atoms with Gasteiger partial charge in [-0.3, -0.25) is 4.79 Å². The Kier molecular flexibility index (Phi) is 4.15. The van der Waals surface area contributed by atoms with E-state index in [1.54, 1.807) is 6.92 Å². The van der Waals surface area contributed by atoms with Gasteiger partial charge in [0.25, 0.3) is 0 Å². The van der Waals surface area contributed by atoms with Crippen molar-refractivity contribution in [2.24, 2.45) is 5.92 Å². The van der Waals surface area contributed by atoms with Gasteiger partial charge >= 0.3 is 0 Å². The number of ketones is 1.